The minimum Gasteiger partial charge on any atom is -0.450 e. The Kier molecular flexibility index (Phi) is 4.56. The minimum absolute atomic E-state index is 0.0146. The Balaban J connectivity index is 2.42. The van der Waals surface area contributed by atoms with E-state index in [1.165, 1.54) is 0 Å². The molecule has 5 nitrogen and oxygen atoms in total. The Hall–Kier alpha value is -0.810. The lowest BCUT2D eigenvalue weighted by Crippen LogP contribution is -2.58. The average molecular weight is 229 g/mol. The first-order chi connectivity index (χ1) is 7.51. The molecular weight excluding hydrogens is 206 g/mol. The third-order valence-electron chi connectivity index (χ3n) is 3.16. The number of carbonyl (C=O) groups is 1. The lowest BCUT2D eigenvalue weighted by atomic mass is 10.0. The number of piperazine rings is 1. The Morgan fingerprint density at radius 3 is 2.31 bits per heavy atom. The number of ether oxygens (including phenoxy) is 1. The summed E-state index contributed by atoms with van der Waals surface area (Å²) >= 11 is 0. The first kappa shape index (κ1) is 13.3. The van der Waals surface area contributed by atoms with Gasteiger partial charge in [0.1, 0.15) is 0 Å². The van der Waals surface area contributed by atoms with Crippen molar-refractivity contribution in [3.8, 4) is 0 Å². The first-order valence-corrected chi connectivity index (χ1v) is 5.88. The summed E-state index contributed by atoms with van der Waals surface area (Å²) in [5.41, 5.74) is 5.75. The lowest BCUT2D eigenvalue weighted by molar-refractivity contribution is 0.0441. The second-order valence-corrected chi connectivity index (χ2v) is 4.69. The summed E-state index contributed by atoms with van der Waals surface area (Å²) in [6, 6.07) is 0. The highest BCUT2D eigenvalue weighted by Crippen LogP contribution is 2.15. The van der Waals surface area contributed by atoms with Gasteiger partial charge in [0.2, 0.25) is 0 Å². The van der Waals surface area contributed by atoms with Crippen LogP contribution < -0.4 is 5.73 Å². The molecule has 0 aromatic rings. The van der Waals surface area contributed by atoms with E-state index in [1.807, 2.05) is 6.92 Å². The molecule has 1 saturated heterocycles. The largest absolute Gasteiger partial charge is 0.450 e. The smallest absolute Gasteiger partial charge is 0.409 e. The highest BCUT2D eigenvalue weighted by Gasteiger charge is 2.30. The molecule has 0 saturated carbocycles. The molecule has 0 unspecified atom stereocenters. The first-order valence-electron chi connectivity index (χ1n) is 5.88. The van der Waals surface area contributed by atoms with E-state index in [2.05, 4.69) is 18.7 Å². The predicted octanol–water partition coefficient (Wildman–Crippen LogP) is 0.498. The molecule has 0 aromatic carbocycles. The molecule has 0 atom stereocenters. The van der Waals surface area contributed by atoms with Crippen LogP contribution in [0.25, 0.3) is 0 Å². The van der Waals surface area contributed by atoms with Gasteiger partial charge in [0.25, 0.3) is 0 Å². The van der Waals surface area contributed by atoms with Crippen LogP contribution in [-0.2, 0) is 4.74 Å². The highest BCUT2D eigenvalue weighted by molar-refractivity contribution is 5.67. The fraction of sp³-hybridized carbons (Fsp3) is 0.909. The van der Waals surface area contributed by atoms with E-state index in [0.29, 0.717) is 13.2 Å². The van der Waals surface area contributed by atoms with Gasteiger partial charge < -0.3 is 15.4 Å². The number of hydrogen-bond acceptors (Lipinski definition) is 4. The van der Waals surface area contributed by atoms with Crippen LogP contribution in [0.4, 0.5) is 4.79 Å². The van der Waals surface area contributed by atoms with Crippen LogP contribution in [0.5, 0.6) is 0 Å². The van der Waals surface area contributed by atoms with Crippen molar-refractivity contribution in [1.82, 2.24) is 9.80 Å². The monoisotopic (exact) mass is 229 g/mol. The van der Waals surface area contributed by atoms with Crippen molar-refractivity contribution >= 4 is 6.09 Å². The molecule has 1 fully saturated rings. The zero-order valence-electron chi connectivity index (χ0n) is 10.5. The molecule has 0 bridgehead atoms. The fourth-order valence-electron chi connectivity index (χ4n) is 1.84. The van der Waals surface area contributed by atoms with Gasteiger partial charge in [0, 0.05) is 38.3 Å². The number of carbonyl (C=O) groups excluding carboxylic acids is 1. The van der Waals surface area contributed by atoms with Crippen molar-refractivity contribution in [1.29, 1.82) is 0 Å². The molecular formula is C11H23N3O2. The number of amides is 1. The van der Waals surface area contributed by atoms with Gasteiger partial charge in [0.15, 0.2) is 0 Å². The number of nitrogens with zero attached hydrogens (tertiary/aromatic N) is 2. The van der Waals surface area contributed by atoms with Gasteiger partial charge in [-0.2, -0.15) is 0 Å². The van der Waals surface area contributed by atoms with Gasteiger partial charge in [0.05, 0.1) is 6.61 Å². The lowest BCUT2D eigenvalue weighted by Gasteiger charge is -2.43. The Morgan fingerprint density at radius 1 is 1.31 bits per heavy atom. The summed E-state index contributed by atoms with van der Waals surface area (Å²) in [6.07, 6.45) is -0.201. The summed E-state index contributed by atoms with van der Waals surface area (Å²) in [5, 5.41) is 0. The van der Waals surface area contributed by atoms with Crippen LogP contribution >= 0.6 is 0 Å². The number of nitrogens with two attached hydrogens (primary N) is 1. The van der Waals surface area contributed by atoms with E-state index in [9.17, 15) is 4.79 Å². The second kappa shape index (κ2) is 5.50. The van der Waals surface area contributed by atoms with Gasteiger partial charge in [-0.15, -0.1) is 0 Å². The highest BCUT2D eigenvalue weighted by atomic mass is 16.6. The molecule has 5 heteroatoms. The van der Waals surface area contributed by atoms with Gasteiger partial charge >= 0.3 is 6.09 Å². The molecule has 0 spiro atoms. The van der Waals surface area contributed by atoms with Crippen LogP contribution in [0.2, 0.25) is 0 Å². The van der Waals surface area contributed by atoms with Crippen LogP contribution in [0.15, 0.2) is 0 Å². The van der Waals surface area contributed by atoms with Crippen molar-refractivity contribution in [3.63, 3.8) is 0 Å². The van der Waals surface area contributed by atoms with E-state index in [-0.39, 0.29) is 11.6 Å². The summed E-state index contributed by atoms with van der Waals surface area (Å²) in [7, 11) is 0. The SMILES string of the molecule is CCOC(=O)N1CCN(C(C)(C)CN)CC1. The molecule has 0 radical (unpaired) electrons. The van der Waals surface area contributed by atoms with E-state index in [4.69, 9.17) is 10.5 Å². The second-order valence-electron chi connectivity index (χ2n) is 4.69. The quantitative estimate of drug-likeness (QED) is 0.765. The third-order valence-corrected chi connectivity index (χ3v) is 3.16. The topological polar surface area (TPSA) is 58.8 Å². The Labute approximate surface area is 97.5 Å². The van der Waals surface area contributed by atoms with Crippen LogP contribution in [0.3, 0.4) is 0 Å². The molecule has 1 heterocycles. The summed E-state index contributed by atoms with van der Waals surface area (Å²) in [5.74, 6) is 0. The maximum atomic E-state index is 11.5. The molecule has 1 amide bonds. The zero-order valence-corrected chi connectivity index (χ0v) is 10.5. The molecule has 1 aliphatic rings. The minimum atomic E-state index is -0.201. The normalized spacial score (nSPS) is 18.6. The van der Waals surface area contributed by atoms with E-state index < -0.39 is 0 Å². The van der Waals surface area contributed by atoms with Gasteiger partial charge in [-0.1, -0.05) is 0 Å². The molecule has 1 rings (SSSR count). The maximum Gasteiger partial charge on any atom is 0.409 e. The molecule has 2 N–H and O–H groups in total. The average Bonchev–Trinajstić information content (AvgIpc) is 2.29. The van der Waals surface area contributed by atoms with Crippen LogP contribution in [0.1, 0.15) is 20.8 Å². The van der Waals surface area contributed by atoms with Crippen molar-refractivity contribution in [2.75, 3.05) is 39.3 Å². The van der Waals surface area contributed by atoms with Crippen LogP contribution in [0, 0.1) is 0 Å². The van der Waals surface area contributed by atoms with Crippen molar-refractivity contribution in [3.05, 3.63) is 0 Å². The van der Waals surface area contributed by atoms with Gasteiger partial charge in [-0.25, -0.2) is 4.79 Å². The molecule has 16 heavy (non-hydrogen) atoms. The summed E-state index contributed by atoms with van der Waals surface area (Å²) < 4.78 is 4.97. The fourth-order valence-corrected chi connectivity index (χ4v) is 1.84. The molecule has 0 aliphatic carbocycles. The summed E-state index contributed by atoms with van der Waals surface area (Å²) in [4.78, 5) is 15.6. The standard InChI is InChI=1S/C11H23N3O2/c1-4-16-10(15)13-5-7-14(8-6-13)11(2,3)9-12/h4-9,12H2,1-3H3. The van der Waals surface area contributed by atoms with Gasteiger partial charge in [-0.05, 0) is 20.8 Å². The van der Waals surface area contributed by atoms with E-state index >= 15 is 0 Å². The molecule has 0 aromatic heterocycles. The summed E-state index contributed by atoms with van der Waals surface area (Å²) in [6.45, 7) is 10.3. The number of rotatable bonds is 3. The number of hydrogen-bond donors (Lipinski definition) is 1. The van der Waals surface area contributed by atoms with E-state index in [0.717, 1.165) is 26.2 Å². The molecule has 94 valence electrons. The van der Waals surface area contributed by atoms with E-state index in [1.54, 1.807) is 4.90 Å². The maximum absolute atomic E-state index is 11.5. The van der Waals surface area contributed by atoms with Crippen molar-refractivity contribution in [2.45, 2.75) is 26.3 Å². The zero-order chi connectivity index (χ0) is 12.2. The van der Waals surface area contributed by atoms with Gasteiger partial charge in [-0.3, -0.25) is 4.90 Å². The third kappa shape index (κ3) is 3.09. The van der Waals surface area contributed by atoms with Crippen molar-refractivity contribution < 1.29 is 9.53 Å². The van der Waals surface area contributed by atoms with Crippen molar-refractivity contribution in [2.24, 2.45) is 5.73 Å². The Morgan fingerprint density at radius 2 is 1.88 bits per heavy atom. The molecule has 1 aliphatic heterocycles. The van der Waals surface area contributed by atoms with Crippen LogP contribution in [-0.4, -0.2) is 60.8 Å². The Bertz CT molecular complexity index is 235. The predicted molar refractivity (Wildman–Crippen MR) is 63.3 cm³/mol.